The minimum absolute atomic E-state index is 0.000208. The van der Waals surface area contributed by atoms with E-state index in [-0.39, 0.29) is 23.8 Å². The summed E-state index contributed by atoms with van der Waals surface area (Å²) in [6, 6.07) is 6.08. The molecule has 0 aliphatic carbocycles. The number of sulfonamides is 1. The van der Waals surface area contributed by atoms with Crippen LogP contribution in [0.4, 0.5) is 0 Å². The minimum atomic E-state index is -3.38. The van der Waals surface area contributed by atoms with Crippen molar-refractivity contribution in [2.24, 2.45) is 5.92 Å². The van der Waals surface area contributed by atoms with Crippen LogP contribution in [0.2, 0.25) is 0 Å². The zero-order chi connectivity index (χ0) is 15.9. The van der Waals surface area contributed by atoms with Crippen molar-refractivity contribution in [3.63, 3.8) is 0 Å². The number of carboxylic acid groups (broad SMARTS) is 1. The van der Waals surface area contributed by atoms with Crippen molar-refractivity contribution in [2.45, 2.75) is 20.4 Å². The highest BCUT2D eigenvalue weighted by molar-refractivity contribution is 7.89. The lowest BCUT2D eigenvalue weighted by Crippen LogP contribution is -2.30. The van der Waals surface area contributed by atoms with Crippen LogP contribution in [-0.4, -0.2) is 38.5 Å². The lowest BCUT2D eigenvalue weighted by atomic mass is 10.1. The number of aromatic carboxylic acids is 1. The van der Waals surface area contributed by atoms with Crippen LogP contribution in [0, 0.1) is 5.92 Å². The molecule has 0 spiro atoms. The van der Waals surface area contributed by atoms with Crippen molar-refractivity contribution in [3.8, 4) is 0 Å². The van der Waals surface area contributed by atoms with Gasteiger partial charge in [-0.2, -0.15) is 0 Å². The van der Waals surface area contributed by atoms with E-state index in [1.54, 1.807) is 12.1 Å². The van der Waals surface area contributed by atoms with E-state index >= 15 is 0 Å². The largest absolute Gasteiger partial charge is 0.478 e. The van der Waals surface area contributed by atoms with Gasteiger partial charge in [-0.05, 0) is 30.5 Å². The number of carboxylic acids is 1. The number of ether oxygens (including phenoxy) is 1. The fraction of sp³-hybridized carbons (Fsp3) is 0.500. The molecule has 1 atom stereocenters. The number of nitrogens with one attached hydrogen (secondary N) is 1. The number of hydrogen-bond acceptors (Lipinski definition) is 4. The molecular formula is C14H21NO5S. The smallest absolute Gasteiger partial charge is 0.335 e. The molecule has 118 valence electrons. The first-order valence-electron chi connectivity index (χ1n) is 6.71. The van der Waals surface area contributed by atoms with Crippen molar-refractivity contribution in [3.05, 3.63) is 35.4 Å². The number of hydrogen-bond donors (Lipinski definition) is 2. The zero-order valence-corrected chi connectivity index (χ0v) is 13.0. The average molecular weight is 315 g/mol. The summed E-state index contributed by atoms with van der Waals surface area (Å²) in [5.41, 5.74) is 0.882. The second kappa shape index (κ2) is 8.11. The Balaban J connectivity index is 2.51. The van der Waals surface area contributed by atoms with E-state index in [1.165, 1.54) is 12.1 Å². The van der Waals surface area contributed by atoms with Crippen molar-refractivity contribution in [1.29, 1.82) is 0 Å². The third kappa shape index (κ3) is 6.70. The molecule has 1 aromatic carbocycles. The van der Waals surface area contributed by atoms with Crippen LogP contribution in [0.3, 0.4) is 0 Å². The Morgan fingerprint density at radius 1 is 1.33 bits per heavy atom. The molecule has 6 nitrogen and oxygen atoms in total. The van der Waals surface area contributed by atoms with Crippen molar-refractivity contribution in [1.82, 2.24) is 4.72 Å². The van der Waals surface area contributed by atoms with Crippen LogP contribution in [0.1, 0.15) is 29.8 Å². The van der Waals surface area contributed by atoms with Gasteiger partial charge >= 0.3 is 5.97 Å². The fourth-order valence-corrected chi connectivity index (χ4v) is 3.11. The summed E-state index contributed by atoms with van der Waals surface area (Å²) in [5.74, 6) is -1.09. The summed E-state index contributed by atoms with van der Waals surface area (Å²) in [4.78, 5) is 10.7. The lowest BCUT2D eigenvalue weighted by Gasteiger charge is -2.12. The quantitative estimate of drug-likeness (QED) is 0.720. The summed E-state index contributed by atoms with van der Waals surface area (Å²) in [6.45, 7) is 4.79. The first-order valence-corrected chi connectivity index (χ1v) is 8.36. The maximum Gasteiger partial charge on any atom is 0.335 e. The van der Waals surface area contributed by atoms with E-state index in [1.807, 2.05) is 13.8 Å². The molecule has 2 N–H and O–H groups in total. The zero-order valence-electron chi connectivity index (χ0n) is 12.2. The molecule has 1 aromatic rings. The van der Waals surface area contributed by atoms with Crippen LogP contribution >= 0.6 is 0 Å². The van der Waals surface area contributed by atoms with Gasteiger partial charge in [0.1, 0.15) is 0 Å². The van der Waals surface area contributed by atoms with Crippen molar-refractivity contribution < 1.29 is 23.1 Å². The molecule has 7 heteroatoms. The van der Waals surface area contributed by atoms with Crippen LogP contribution in [0.25, 0.3) is 0 Å². The monoisotopic (exact) mass is 315 g/mol. The molecule has 0 bridgehead atoms. The van der Waals surface area contributed by atoms with Crippen molar-refractivity contribution >= 4 is 16.0 Å². The van der Waals surface area contributed by atoms with Crippen LogP contribution < -0.4 is 4.72 Å². The molecule has 0 aromatic heterocycles. The maximum absolute atomic E-state index is 11.9. The second-order valence-corrected chi connectivity index (χ2v) is 6.72. The SMILES string of the molecule is CCOCC(C)CS(=O)(=O)NCc1ccc(C(=O)O)cc1. The van der Waals surface area contributed by atoms with Gasteiger partial charge in [-0.15, -0.1) is 0 Å². The summed E-state index contributed by atoms with van der Waals surface area (Å²) in [6.07, 6.45) is 0. The molecule has 0 aliphatic heterocycles. The molecule has 1 unspecified atom stereocenters. The topological polar surface area (TPSA) is 92.7 Å². The van der Waals surface area contributed by atoms with Gasteiger partial charge in [-0.1, -0.05) is 19.1 Å². The van der Waals surface area contributed by atoms with Gasteiger partial charge in [-0.25, -0.2) is 17.9 Å². The third-order valence-corrected chi connectivity index (χ3v) is 4.40. The lowest BCUT2D eigenvalue weighted by molar-refractivity contribution is 0.0697. The minimum Gasteiger partial charge on any atom is -0.478 e. The molecule has 0 heterocycles. The number of rotatable bonds is 9. The summed E-state index contributed by atoms with van der Waals surface area (Å²) in [5, 5.41) is 8.78. The summed E-state index contributed by atoms with van der Waals surface area (Å²) >= 11 is 0. The predicted octanol–water partition coefficient (Wildman–Crippen LogP) is 1.48. The van der Waals surface area contributed by atoms with Gasteiger partial charge < -0.3 is 9.84 Å². The highest BCUT2D eigenvalue weighted by Gasteiger charge is 2.15. The standard InChI is InChI=1S/C14H21NO5S/c1-3-20-9-11(2)10-21(18,19)15-8-12-4-6-13(7-5-12)14(16)17/h4-7,11,15H,3,8-10H2,1-2H3,(H,16,17). The predicted molar refractivity (Wildman–Crippen MR) is 79.7 cm³/mol. The van der Waals surface area contributed by atoms with E-state index in [2.05, 4.69) is 4.72 Å². The van der Waals surface area contributed by atoms with Gasteiger partial charge in [0.2, 0.25) is 10.0 Å². The van der Waals surface area contributed by atoms with Gasteiger partial charge in [0.05, 0.1) is 17.9 Å². The molecule has 0 aliphatic rings. The number of carbonyl (C=O) groups is 1. The van der Waals surface area contributed by atoms with Crippen LogP contribution in [-0.2, 0) is 21.3 Å². The molecule has 21 heavy (non-hydrogen) atoms. The maximum atomic E-state index is 11.9. The van der Waals surface area contributed by atoms with E-state index in [0.717, 1.165) is 0 Å². The summed E-state index contributed by atoms with van der Waals surface area (Å²) < 4.78 is 31.5. The van der Waals surface area contributed by atoms with Crippen LogP contribution in [0.5, 0.6) is 0 Å². The van der Waals surface area contributed by atoms with Crippen molar-refractivity contribution in [2.75, 3.05) is 19.0 Å². The first-order chi connectivity index (χ1) is 9.84. The van der Waals surface area contributed by atoms with Gasteiger partial charge in [0.15, 0.2) is 0 Å². The Kier molecular flexibility index (Phi) is 6.80. The Morgan fingerprint density at radius 2 is 1.95 bits per heavy atom. The van der Waals surface area contributed by atoms with Gasteiger partial charge in [-0.3, -0.25) is 0 Å². The molecule has 0 saturated carbocycles. The highest BCUT2D eigenvalue weighted by atomic mass is 32.2. The molecule has 0 saturated heterocycles. The van der Waals surface area contributed by atoms with Crippen LogP contribution in [0.15, 0.2) is 24.3 Å². The average Bonchev–Trinajstić information content (AvgIpc) is 2.43. The molecule has 0 amide bonds. The Bertz CT molecular complexity index is 553. The van der Waals surface area contributed by atoms with Gasteiger partial charge in [0.25, 0.3) is 0 Å². The van der Waals surface area contributed by atoms with E-state index in [4.69, 9.17) is 9.84 Å². The van der Waals surface area contributed by atoms with E-state index < -0.39 is 16.0 Å². The fourth-order valence-electron chi connectivity index (χ4n) is 1.76. The summed E-state index contributed by atoms with van der Waals surface area (Å²) in [7, 11) is -3.38. The van der Waals surface area contributed by atoms with Gasteiger partial charge in [0, 0.05) is 13.2 Å². The Hall–Kier alpha value is -1.44. The Labute approximate surface area is 125 Å². The third-order valence-electron chi connectivity index (χ3n) is 2.81. The Morgan fingerprint density at radius 3 is 2.48 bits per heavy atom. The van der Waals surface area contributed by atoms with E-state index in [0.29, 0.717) is 18.8 Å². The molecule has 1 rings (SSSR count). The molecular weight excluding hydrogens is 294 g/mol. The first kappa shape index (κ1) is 17.6. The second-order valence-electron chi connectivity index (χ2n) is 4.87. The van der Waals surface area contributed by atoms with E-state index in [9.17, 15) is 13.2 Å². The normalized spacial score (nSPS) is 13.0. The highest BCUT2D eigenvalue weighted by Crippen LogP contribution is 2.06. The molecule has 0 radical (unpaired) electrons. The number of benzene rings is 1. The molecule has 0 fully saturated rings.